The van der Waals surface area contributed by atoms with E-state index in [4.69, 9.17) is 5.11 Å². The van der Waals surface area contributed by atoms with E-state index in [-0.39, 0.29) is 5.92 Å². The highest BCUT2D eigenvalue weighted by Crippen LogP contribution is 2.40. The zero-order valence-corrected chi connectivity index (χ0v) is 7.31. The van der Waals surface area contributed by atoms with Crippen molar-refractivity contribution in [2.45, 2.75) is 12.8 Å². The number of hydrogen-bond acceptors (Lipinski definition) is 1. The standard InChI is InChI=1S/C11H12O2/c12-11(13)10-7-9(10)6-8-4-2-1-3-5-8/h1-5,9-10H,6-7H2,(H,12,13). The van der Waals surface area contributed by atoms with Crippen LogP contribution >= 0.6 is 0 Å². The molecule has 0 aliphatic heterocycles. The van der Waals surface area contributed by atoms with Crippen molar-refractivity contribution in [2.24, 2.45) is 11.8 Å². The summed E-state index contributed by atoms with van der Waals surface area (Å²) in [5, 5.41) is 8.70. The van der Waals surface area contributed by atoms with E-state index < -0.39 is 5.97 Å². The average molecular weight is 176 g/mol. The molecule has 0 bridgehead atoms. The van der Waals surface area contributed by atoms with Gasteiger partial charge in [0.05, 0.1) is 5.92 Å². The number of benzene rings is 1. The van der Waals surface area contributed by atoms with Gasteiger partial charge in [0.2, 0.25) is 0 Å². The van der Waals surface area contributed by atoms with Crippen LogP contribution < -0.4 is 0 Å². The largest absolute Gasteiger partial charge is 0.481 e. The highest BCUT2D eigenvalue weighted by Gasteiger charge is 2.42. The first-order chi connectivity index (χ1) is 6.27. The Balaban J connectivity index is 1.92. The smallest absolute Gasteiger partial charge is 0.306 e. The van der Waals surface area contributed by atoms with E-state index in [1.807, 2.05) is 18.2 Å². The summed E-state index contributed by atoms with van der Waals surface area (Å²) < 4.78 is 0. The van der Waals surface area contributed by atoms with E-state index in [1.54, 1.807) is 0 Å². The number of carbonyl (C=O) groups is 1. The summed E-state index contributed by atoms with van der Waals surface area (Å²) in [5.74, 6) is -0.346. The van der Waals surface area contributed by atoms with Crippen LogP contribution in [0.2, 0.25) is 0 Å². The van der Waals surface area contributed by atoms with Gasteiger partial charge >= 0.3 is 5.97 Å². The molecule has 1 aliphatic carbocycles. The van der Waals surface area contributed by atoms with E-state index in [2.05, 4.69) is 12.1 Å². The summed E-state index contributed by atoms with van der Waals surface area (Å²) in [7, 11) is 0. The third-order valence-electron chi connectivity index (χ3n) is 2.58. The molecule has 1 fully saturated rings. The molecule has 0 amide bonds. The summed E-state index contributed by atoms with van der Waals surface area (Å²) in [6.45, 7) is 0. The Morgan fingerprint density at radius 3 is 2.62 bits per heavy atom. The molecule has 2 unspecified atom stereocenters. The predicted molar refractivity (Wildman–Crippen MR) is 49.4 cm³/mol. The molecule has 68 valence electrons. The van der Waals surface area contributed by atoms with Crippen molar-refractivity contribution >= 4 is 5.97 Å². The fourth-order valence-corrected chi connectivity index (χ4v) is 1.69. The van der Waals surface area contributed by atoms with Gasteiger partial charge in [-0.2, -0.15) is 0 Å². The molecule has 0 heterocycles. The van der Waals surface area contributed by atoms with Gasteiger partial charge in [0.1, 0.15) is 0 Å². The molecule has 1 aliphatic rings. The summed E-state index contributed by atoms with van der Waals surface area (Å²) in [5.41, 5.74) is 1.25. The van der Waals surface area contributed by atoms with Gasteiger partial charge < -0.3 is 5.11 Å². The first kappa shape index (κ1) is 8.30. The molecule has 0 spiro atoms. The summed E-state index contributed by atoms with van der Waals surface area (Å²) in [6, 6.07) is 10.1. The summed E-state index contributed by atoms with van der Waals surface area (Å²) in [4.78, 5) is 10.6. The molecule has 0 aromatic heterocycles. The van der Waals surface area contributed by atoms with Crippen molar-refractivity contribution in [3.05, 3.63) is 35.9 Å². The molecule has 1 aromatic carbocycles. The van der Waals surface area contributed by atoms with Gasteiger partial charge in [0.25, 0.3) is 0 Å². The lowest BCUT2D eigenvalue weighted by Crippen LogP contribution is -2.00. The second-order valence-electron chi connectivity index (χ2n) is 3.63. The van der Waals surface area contributed by atoms with Crippen LogP contribution in [0.4, 0.5) is 0 Å². The van der Waals surface area contributed by atoms with Crippen molar-refractivity contribution in [1.29, 1.82) is 0 Å². The Morgan fingerprint density at radius 2 is 2.08 bits per heavy atom. The molecule has 1 aromatic rings. The van der Waals surface area contributed by atoms with Crippen LogP contribution in [0.3, 0.4) is 0 Å². The zero-order chi connectivity index (χ0) is 9.26. The zero-order valence-electron chi connectivity index (χ0n) is 7.31. The lowest BCUT2D eigenvalue weighted by atomic mass is 10.1. The second-order valence-corrected chi connectivity index (χ2v) is 3.63. The molecule has 1 N–H and O–H groups in total. The van der Waals surface area contributed by atoms with Crippen molar-refractivity contribution in [3.63, 3.8) is 0 Å². The van der Waals surface area contributed by atoms with Crippen LogP contribution in [-0.2, 0) is 11.2 Å². The highest BCUT2D eigenvalue weighted by atomic mass is 16.4. The molecule has 13 heavy (non-hydrogen) atoms. The lowest BCUT2D eigenvalue weighted by Gasteiger charge is -1.97. The van der Waals surface area contributed by atoms with E-state index in [0.717, 1.165) is 12.8 Å². The van der Waals surface area contributed by atoms with Crippen LogP contribution in [-0.4, -0.2) is 11.1 Å². The van der Waals surface area contributed by atoms with E-state index in [0.29, 0.717) is 5.92 Å². The van der Waals surface area contributed by atoms with Gasteiger partial charge in [0, 0.05) is 0 Å². The van der Waals surface area contributed by atoms with Crippen LogP contribution in [0.5, 0.6) is 0 Å². The third kappa shape index (κ3) is 1.89. The van der Waals surface area contributed by atoms with Crippen LogP contribution in [0.1, 0.15) is 12.0 Å². The number of carboxylic acid groups (broad SMARTS) is 1. The van der Waals surface area contributed by atoms with Crippen molar-refractivity contribution in [3.8, 4) is 0 Å². The van der Waals surface area contributed by atoms with E-state index >= 15 is 0 Å². The molecular weight excluding hydrogens is 164 g/mol. The Labute approximate surface area is 77.2 Å². The maximum Gasteiger partial charge on any atom is 0.306 e. The minimum Gasteiger partial charge on any atom is -0.481 e. The van der Waals surface area contributed by atoms with E-state index in [1.165, 1.54) is 5.56 Å². The SMILES string of the molecule is O=C(O)C1CC1Cc1ccccc1. The van der Waals surface area contributed by atoms with Gasteiger partial charge in [-0.25, -0.2) is 0 Å². The quantitative estimate of drug-likeness (QED) is 0.764. The van der Waals surface area contributed by atoms with Crippen molar-refractivity contribution < 1.29 is 9.90 Å². The van der Waals surface area contributed by atoms with Crippen molar-refractivity contribution in [2.75, 3.05) is 0 Å². The Bertz CT molecular complexity index is 305. The molecule has 2 rings (SSSR count). The lowest BCUT2D eigenvalue weighted by molar-refractivity contribution is -0.138. The first-order valence-corrected chi connectivity index (χ1v) is 4.54. The molecule has 0 saturated heterocycles. The summed E-state index contributed by atoms with van der Waals surface area (Å²) >= 11 is 0. The topological polar surface area (TPSA) is 37.3 Å². The fraction of sp³-hybridized carbons (Fsp3) is 0.364. The number of aliphatic carboxylic acids is 1. The summed E-state index contributed by atoms with van der Waals surface area (Å²) in [6.07, 6.45) is 1.77. The van der Waals surface area contributed by atoms with Crippen molar-refractivity contribution in [1.82, 2.24) is 0 Å². The maximum absolute atomic E-state index is 10.6. The fourth-order valence-electron chi connectivity index (χ4n) is 1.69. The highest BCUT2D eigenvalue weighted by molar-refractivity contribution is 5.73. The monoisotopic (exact) mass is 176 g/mol. The minimum atomic E-state index is -0.638. The van der Waals surface area contributed by atoms with Crippen LogP contribution in [0, 0.1) is 11.8 Å². The number of carboxylic acids is 1. The van der Waals surface area contributed by atoms with Gasteiger partial charge in [-0.15, -0.1) is 0 Å². The number of hydrogen-bond donors (Lipinski definition) is 1. The molecule has 1 saturated carbocycles. The average Bonchev–Trinajstić information content (AvgIpc) is 2.86. The van der Waals surface area contributed by atoms with Gasteiger partial charge in [0.15, 0.2) is 0 Å². The Hall–Kier alpha value is -1.31. The molecular formula is C11H12O2. The van der Waals surface area contributed by atoms with Gasteiger partial charge in [-0.1, -0.05) is 30.3 Å². The number of rotatable bonds is 3. The van der Waals surface area contributed by atoms with E-state index in [9.17, 15) is 4.79 Å². The maximum atomic E-state index is 10.6. The minimum absolute atomic E-state index is 0.0831. The first-order valence-electron chi connectivity index (χ1n) is 4.54. The normalized spacial score (nSPS) is 25.5. The predicted octanol–water partition coefficient (Wildman–Crippen LogP) is 1.95. The molecule has 0 radical (unpaired) electrons. The van der Waals surface area contributed by atoms with Gasteiger partial charge in [-0.05, 0) is 24.3 Å². The molecule has 2 atom stereocenters. The second kappa shape index (κ2) is 3.21. The Kier molecular flexibility index (Phi) is 2.05. The Morgan fingerprint density at radius 1 is 1.38 bits per heavy atom. The van der Waals surface area contributed by atoms with Crippen LogP contribution in [0.25, 0.3) is 0 Å². The van der Waals surface area contributed by atoms with Gasteiger partial charge in [-0.3, -0.25) is 4.79 Å². The molecule has 2 heteroatoms. The third-order valence-corrected chi connectivity index (χ3v) is 2.58. The van der Waals surface area contributed by atoms with Crippen LogP contribution in [0.15, 0.2) is 30.3 Å². The molecule has 2 nitrogen and oxygen atoms in total.